The Balaban J connectivity index is 1.29. The molecule has 53 heavy (non-hydrogen) atoms. The van der Waals surface area contributed by atoms with Gasteiger partial charge in [-0.05, 0) is 60.0 Å². The number of hydrogen-bond donors (Lipinski definition) is 0. The lowest BCUT2D eigenvalue weighted by molar-refractivity contribution is 1.02. The van der Waals surface area contributed by atoms with Gasteiger partial charge in [-0.3, -0.25) is 4.57 Å². The standard InChI is InChI=1S/C48H27N5/c1-3-13-29(14-4-1)45-34-23-22-28-12-7-8-17-31(28)46(34)50-48(49-45)53-39-27-26-38-42-41-36(51(38)30-15-5-2-6-16-30)20-11-21-37(41)52-35-19-10-9-18-32(35)33-24-25-40(53)44(43(39)42)47(33)52/h1-27H. The molecule has 0 aliphatic heterocycles. The molecule has 0 amide bonds. The number of para-hydroxylation sites is 2. The van der Waals surface area contributed by atoms with Crippen molar-refractivity contribution in [2.75, 3.05) is 0 Å². The van der Waals surface area contributed by atoms with Gasteiger partial charge in [-0.2, -0.15) is 0 Å². The summed E-state index contributed by atoms with van der Waals surface area (Å²) in [5.41, 5.74) is 12.3. The molecule has 0 aliphatic rings. The predicted octanol–water partition coefficient (Wildman–Crippen LogP) is 12.1. The summed E-state index contributed by atoms with van der Waals surface area (Å²) in [6, 6.07) is 59.0. The van der Waals surface area contributed by atoms with Crippen molar-refractivity contribution >= 4 is 92.6 Å². The first kappa shape index (κ1) is 27.5. The minimum absolute atomic E-state index is 0.668. The highest BCUT2D eigenvalue weighted by molar-refractivity contribution is 6.38. The molecule has 0 bridgehead atoms. The van der Waals surface area contributed by atoms with Gasteiger partial charge in [0.15, 0.2) is 0 Å². The molecule has 244 valence electrons. The van der Waals surface area contributed by atoms with Gasteiger partial charge in [-0.25, -0.2) is 9.97 Å². The van der Waals surface area contributed by atoms with Crippen LogP contribution in [-0.4, -0.2) is 23.5 Å². The van der Waals surface area contributed by atoms with Crippen LogP contribution in [0.1, 0.15) is 0 Å². The van der Waals surface area contributed by atoms with Crippen LogP contribution < -0.4 is 0 Å². The van der Waals surface area contributed by atoms with Gasteiger partial charge in [0.2, 0.25) is 5.95 Å². The summed E-state index contributed by atoms with van der Waals surface area (Å²) in [4.78, 5) is 11.0. The molecule has 0 N–H and O–H groups in total. The molecular formula is C48H27N5. The molecule has 8 aromatic carbocycles. The molecule has 13 rings (SSSR count). The first-order chi connectivity index (χ1) is 26.3. The second-order valence-electron chi connectivity index (χ2n) is 14.2. The van der Waals surface area contributed by atoms with Gasteiger partial charge in [-0.1, -0.05) is 109 Å². The SMILES string of the molecule is c1ccc(-c2nc(-n3c4ccc5c6c4c4c3ccc3c7ccccc7n(c7cccc(c67)n5-c5ccccc5)c34)nc3c2ccc2ccccc23)cc1. The highest BCUT2D eigenvalue weighted by atomic mass is 15.2. The molecule has 5 nitrogen and oxygen atoms in total. The summed E-state index contributed by atoms with van der Waals surface area (Å²) >= 11 is 0. The zero-order chi connectivity index (χ0) is 34.4. The van der Waals surface area contributed by atoms with Crippen molar-refractivity contribution in [3.8, 4) is 22.9 Å². The first-order valence-corrected chi connectivity index (χ1v) is 18.1. The maximum atomic E-state index is 5.50. The van der Waals surface area contributed by atoms with Crippen molar-refractivity contribution in [1.82, 2.24) is 23.5 Å². The van der Waals surface area contributed by atoms with Crippen LogP contribution in [0.3, 0.4) is 0 Å². The Kier molecular flexibility index (Phi) is 5.06. The van der Waals surface area contributed by atoms with Crippen LogP contribution in [0.2, 0.25) is 0 Å². The van der Waals surface area contributed by atoms with E-state index in [4.69, 9.17) is 9.97 Å². The van der Waals surface area contributed by atoms with E-state index < -0.39 is 0 Å². The van der Waals surface area contributed by atoms with Crippen LogP contribution in [0.25, 0.3) is 116 Å². The van der Waals surface area contributed by atoms with Crippen molar-refractivity contribution in [3.63, 3.8) is 0 Å². The van der Waals surface area contributed by atoms with Crippen molar-refractivity contribution in [3.05, 3.63) is 164 Å². The Hall–Kier alpha value is -7.24. The second-order valence-corrected chi connectivity index (χ2v) is 14.2. The van der Waals surface area contributed by atoms with Crippen molar-refractivity contribution < 1.29 is 0 Å². The zero-order valence-electron chi connectivity index (χ0n) is 28.3. The van der Waals surface area contributed by atoms with E-state index in [1.165, 1.54) is 59.9 Å². The lowest BCUT2D eigenvalue weighted by Crippen LogP contribution is -2.04. The van der Waals surface area contributed by atoms with Crippen LogP contribution >= 0.6 is 0 Å². The Labute approximate surface area is 301 Å². The van der Waals surface area contributed by atoms with Crippen molar-refractivity contribution in [1.29, 1.82) is 0 Å². The summed E-state index contributed by atoms with van der Waals surface area (Å²) in [6.07, 6.45) is 0. The third-order valence-electron chi connectivity index (χ3n) is 11.5. The molecule has 0 radical (unpaired) electrons. The largest absolute Gasteiger partial charge is 0.309 e. The molecule has 0 saturated heterocycles. The minimum Gasteiger partial charge on any atom is -0.309 e. The third-order valence-corrected chi connectivity index (χ3v) is 11.5. The summed E-state index contributed by atoms with van der Waals surface area (Å²) in [6.45, 7) is 0. The fourth-order valence-corrected chi connectivity index (χ4v) is 9.44. The summed E-state index contributed by atoms with van der Waals surface area (Å²) in [5.74, 6) is 0.668. The van der Waals surface area contributed by atoms with Crippen LogP contribution in [0.15, 0.2) is 164 Å². The lowest BCUT2D eigenvalue weighted by atomic mass is 10.0. The number of aromatic nitrogens is 5. The molecule has 5 heterocycles. The van der Waals surface area contributed by atoms with Crippen LogP contribution in [0.4, 0.5) is 0 Å². The van der Waals surface area contributed by atoms with E-state index in [1.807, 2.05) is 0 Å². The Morgan fingerprint density at radius 3 is 1.85 bits per heavy atom. The Morgan fingerprint density at radius 1 is 0.358 bits per heavy atom. The summed E-state index contributed by atoms with van der Waals surface area (Å²) in [7, 11) is 0. The molecule has 0 atom stereocenters. The summed E-state index contributed by atoms with van der Waals surface area (Å²) < 4.78 is 7.26. The molecule has 13 aromatic rings. The fraction of sp³-hybridized carbons (Fsp3) is 0. The molecule has 0 fully saturated rings. The van der Waals surface area contributed by atoms with Crippen molar-refractivity contribution in [2.45, 2.75) is 0 Å². The molecule has 5 aromatic heterocycles. The number of hydrogen-bond acceptors (Lipinski definition) is 2. The van der Waals surface area contributed by atoms with Gasteiger partial charge in [0.05, 0.1) is 49.8 Å². The topological polar surface area (TPSA) is 40.0 Å². The first-order valence-electron chi connectivity index (χ1n) is 18.1. The van der Waals surface area contributed by atoms with E-state index in [-0.39, 0.29) is 0 Å². The lowest BCUT2D eigenvalue weighted by Gasteiger charge is -2.13. The average molecular weight is 674 g/mol. The van der Waals surface area contributed by atoms with Gasteiger partial charge in [0, 0.05) is 54.3 Å². The van der Waals surface area contributed by atoms with E-state index in [0.717, 1.165) is 49.7 Å². The zero-order valence-corrected chi connectivity index (χ0v) is 28.3. The maximum Gasteiger partial charge on any atom is 0.235 e. The van der Waals surface area contributed by atoms with Crippen LogP contribution in [-0.2, 0) is 0 Å². The monoisotopic (exact) mass is 673 g/mol. The van der Waals surface area contributed by atoms with E-state index in [2.05, 4.69) is 177 Å². The van der Waals surface area contributed by atoms with Gasteiger partial charge >= 0.3 is 0 Å². The normalized spacial score (nSPS) is 12.5. The predicted molar refractivity (Wildman–Crippen MR) is 219 cm³/mol. The molecule has 5 heteroatoms. The van der Waals surface area contributed by atoms with E-state index >= 15 is 0 Å². The van der Waals surface area contributed by atoms with Crippen LogP contribution in [0, 0.1) is 0 Å². The number of nitrogens with zero attached hydrogens (tertiary/aromatic N) is 5. The van der Waals surface area contributed by atoms with E-state index in [0.29, 0.717) is 5.95 Å². The molecular weight excluding hydrogens is 647 g/mol. The van der Waals surface area contributed by atoms with Gasteiger partial charge in [-0.15, -0.1) is 0 Å². The van der Waals surface area contributed by atoms with E-state index in [9.17, 15) is 0 Å². The highest BCUT2D eigenvalue weighted by Gasteiger charge is 2.28. The fourth-order valence-electron chi connectivity index (χ4n) is 9.44. The molecule has 0 aliphatic carbocycles. The van der Waals surface area contributed by atoms with Gasteiger partial charge in [0.25, 0.3) is 0 Å². The van der Waals surface area contributed by atoms with Gasteiger partial charge in [0.1, 0.15) is 0 Å². The number of fused-ring (bicyclic) bond motifs is 7. The average Bonchev–Trinajstić information content (AvgIpc) is 3.83. The quantitative estimate of drug-likeness (QED) is 0.175. The van der Waals surface area contributed by atoms with Gasteiger partial charge < -0.3 is 8.97 Å². The highest BCUT2D eigenvalue weighted by Crippen LogP contribution is 2.49. The number of rotatable bonds is 3. The Bertz CT molecular complexity index is 3610. The molecule has 0 spiro atoms. The second kappa shape index (κ2) is 9.75. The molecule has 0 saturated carbocycles. The number of benzene rings is 8. The van der Waals surface area contributed by atoms with Crippen LogP contribution in [0.5, 0.6) is 0 Å². The smallest absolute Gasteiger partial charge is 0.235 e. The van der Waals surface area contributed by atoms with Crippen molar-refractivity contribution in [2.24, 2.45) is 0 Å². The molecule has 0 unspecified atom stereocenters. The summed E-state index contributed by atoms with van der Waals surface area (Å²) in [5, 5.41) is 10.8. The third kappa shape index (κ3) is 3.37. The maximum absolute atomic E-state index is 5.50. The Morgan fingerprint density at radius 2 is 0.981 bits per heavy atom. The van der Waals surface area contributed by atoms with E-state index in [1.54, 1.807) is 0 Å². The minimum atomic E-state index is 0.668.